The van der Waals surface area contributed by atoms with Gasteiger partial charge in [0.25, 0.3) is 11.5 Å². The van der Waals surface area contributed by atoms with E-state index in [1.807, 2.05) is 0 Å². The van der Waals surface area contributed by atoms with Crippen LogP contribution in [0, 0.1) is 0 Å². The number of carbonyl (C=O) groups excluding carboxylic acids is 1. The number of hydrogen-bond donors (Lipinski definition) is 4. The highest BCUT2D eigenvalue weighted by molar-refractivity contribution is 6.30. The molecular formula is C16H14ClN3O6. The zero-order valence-corrected chi connectivity index (χ0v) is 14.0. The predicted octanol–water partition coefficient (Wildman–Crippen LogP) is 1.14. The van der Waals surface area contributed by atoms with Gasteiger partial charge < -0.3 is 20.5 Å². The molecule has 9 nitrogen and oxygen atoms in total. The first kappa shape index (κ1) is 19.1. The summed E-state index contributed by atoms with van der Waals surface area (Å²) in [5.74, 6) is -3.35. The minimum Gasteiger partial charge on any atom is -0.481 e. The number of carboxylic acid groups (broad SMARTS) is 2. The van der Waals surface area contributed by atoms with Gasteiger partial charge in [-0.15, -0.1) is 0 Å². The second kappa shape index (κ2) is 8.26. The lowest BCUT2D eigenvalue weighted by atomic mass is 10.1. The lowest BCUT2D eigenvalue weighted by molar-refractivity contribution is -0.140. The Balaban J connectivity index is 2.18. The maximum Gasteiger partial charge on any atom is 0.326 e. The van der Waals surface area contributed by atoms with Gasteiger partial charge in [0.1, 0.15) is 17.4 Å². The first-order chi connectivity index (χ1) is 12.3. The second-order valence-electron chi connectivity index (χ2n) is 5.28. The first-order valence-corrected chi connectivity index (χ1v) is 7.76. The normalized spacial score (nSPS) is 11.6. The number of aliphatic carboxylic acids is 2. The van der Waals surface area contributed by atoms with Crippen molar-refractivity contribution in [2.45, 2.75) is 18.9 Å². The van der Waals surface area contributed by atoms with Crippen molar-refractivity contribution in [3.63, 3.8) is 0 Å². The van der Waals surface area contributed by atoms with Crippen LogP contribution in [0.1, 0.15) is 23.2 Å². The fourth-order valence-corrected chi connectivity index (χ4v) is 2.20. The van der Waals surface area contributed by atoms with Crippen molar-refractivity contribution in [1.29, 1.82) is 0 Å². The largest absolute Gasteiger partial charge is 0.481 e. The molecule has 0 saturated heterocycles. The van der Waals surface area contributed by atoms with Gasteiger partial charge in [0, 0.05) is 23.2 Å². The van der Waals surface area contributed by atoms with Crippen LogP contribution in [-0.2, 0) is 9.59 Å². The smallest absolute Gasteiger partial charge is 0.326 e. The van der Waals surface area contributed by atoms with Gasteiger partial charge in [-0.25, -0.2) is 9.78 Å². The number of rotatable bonds is 7. The number of H-pyrrole nitrogens is 1. The number of aromatic amines is 1. The average Bonchev–Trinajstić information content (AvgIpc) is 2.58. The lowest BCUT2D eigenvalue weighted by Crippen LogP contribution is -2.42. The fourth-order valence-electron chi connectivity index (χ4n) is 2.07. The number of carbonyl (C=O) groups is 3. The number of nitrogens with zero attached hydrogens (tertiary/aromatic N) is 1. The number of aromatic nitrogens is 2. The van der Waals surface area contributed by atoms with Crippen LogP contribution < -0.4 is 10.9 Å². The first-order valence-electron chi connectivity index (χ1n) is 7.38. The van der Waals surface area contributed by atoms with Gasteiger partial charge in [0.2, 0.25) is 0 Å². The van der Waals surface area contributed by atoms with Crippen LogP contribution in [0.3, 0.4) is 0 Å². The Kier molecular flexibility index (Phi) is 6.07. The summed E-state index contributed by atoms with van der Waals surface area (Å²) in [4.78, 5) is 52.3. The minimum atomic E-state index is -1.44. The third-order valence-corrected chi connectivity index (χ3v) is 3.66. The Bertz CT molecular complexity index is 894. The zero-order valence-electron chi connectivity index (χ0n) is 13.2. The average molecular weight is 380 g/mol. The molecular weight excluding hydrogens is 366 g/mol. The molecule has 0 aliphatic rings. The van der Waals surface area contributed by atoms with Gasteiger partial charge >= 0.3 is 11.9 Å². The molecule has 2 rings (SSSR count). The van der Waals surface area contributed by atoms with Crippen LogP contribution in [0.15, 0.2) is 35.3 Å². The number of benzene rings is 1. The molecule has 2 aromatic rings. The summed E-state index contributed by atoms with van der Waals surface area (Å²) < 4.78 is 0. The third kappa shape index (κ3) is 4.90. The molecule has 1 unspecified atom stereocenters. The highest BCUT2D eigenvalue weighted by atomic mass is 35.5. The molecule has 0 saturated carbocycles. The summed E-state index contributed by atoms with van der Waals surface area (Å²) in [6.45, 7) is 0. The molecule has 1 atom stereocenters. The SMILES string of the molecule is O=C(O)CCC(NC(=O)c1cnc(-c2ccc(Cl)cc2)[nH]c1=O)C(=O)O. The van der Waals surface area contributed by atoms with Crippen LogP contribution in [0.5, 0.6) is 0 Å². The topological polar surface area (TPSA) is 149 Å². The minimum absolute atomic E-state index is 0.212. The Labute approximate surface area is 151 Å². The molecule has 0 aliphatic heterocycles. The van der Waals surface area contributed by atoms with Crippen molar-refractivity contribution in [2.24, 2.45) is 0 Å². The van der Waals surface area contributed by atoms with E-state index >= 15 is 0 Å². The number of halogens is 1. The molecule has 0 aliphatic carbocycles. The van der Waals surface area contributed by atoms with E-state index in [9.17, 15) is 19.2 Å². The van der Waals surface area contributed by atoms with E-state index in [1.54, 1.807) is 24.3 Å². The number of hydrogen-bond acceptors (Lipinski definition) is 5. The van der Waals surface area contributed by atoms with Crippen molar-refractivity contribution in [3.05, 3.63) is 51.4 Å². The molecule has 136 valence electrons. The summed E-state index contributed by atoms with van der Waals surface area (Å²) in [6.07, 6.45) is 0.264. The Hall–Kier alpha value is -3.20. The van der Waals surface area contributed by atoms with Gasteiger partial charge in [0.05, 0.1) is 0 Å². The molecule has 4 N–H and O–H groups in total. The zero-order chi connectivity index (χ0) is 19.3. The van der Waals surface area contributed by atoms with Crippen LogP contribution in [-0.4, -0.2) is 44.1 Å². The van der Waals surface area contributed by atoms with E-state index in [2.05, 4.69) is 15.3 Å². The summed E-state index contributed by atoms with van der Waals surface area (Å²) in [5, 5.41) is 20.3. The monoisotopic (exact) mass is 379 g/mol. The van der Waals surface area contributed by atoms with Gasteiger partial charge in [0.15, 0.2) is 0 Å². The maximum atomic E-state index is 12.1. The van der Waals surface area contributed by atoms with Crippen molar-refractivity contribution in [3.8, 4) is 11.4 Å². The number of carboxylic acids is 2. The van der Waals surface area contributed by atoms with Crippen LogP contribution in [0.25, 0.3) is 11.4 Å². The fraction of sp³-hybridized carbons (Fsp3) is 0.188. The second-order valence-corrected chi connectivity index (χ2v) is 5.71. The summed E-state index contributed by atoms with van der Waals surface area (Å²) in [7, 11) is 0. The molecule has 1 aromatic heterocycles. The highest BCUT2D eigenvalue weighted by Gasteiger charge is 2.23. The van der Waals surface area contributed by atoms with Gasteiger partial charge in [-0.3, -0.25) is 14.4 Å². The summed E-state index contributed by atoms with van der Waals surface area (Å²) in [5.41, 5.74) is -0.572. The van der Waals surface area contributed by atoms with Crippen LogP contribution >= 0.6 is 11.6 Å². The molecule has 1 aromatic carbocycles. The molecule has 0 fully saturated rings. The Morgan fingerprint density at radius 1 is 1.19 bits per heavy atom. The number of amides is 1. The van der Waals surface area contributed by atoms with Crippen molar-refractivity contribution >= 4 is 29.4 Å². The van der Waals surface area contributed by atoms with Gasteiger partial charge in [-0.1, -0.05) is 11.6 Å². The van der Waals surface area contributed by atoms with E-state index in [1.165, 1.54) is 0 Å². The standard InChI is InChI=1S/C16H14ClN3O6/c17-9-3-1-8(2-4-9)13-18-7-10(15(24)20-13)14(23)19-11(16(25)26)5-6-12(21)22/h1-4,7,11H,5-6H2,(H,19,23)(H,21,22)(H,25,26)(H,18,20,24). The lowest BCUT2D eigenvalue weighted by Gasteiger charge is -2.13. The Morgan fingerprint density at radius 3 is 2.38 bits per heavy atom. The van der Waals surface area contributed by atoms with Crippen molar-refractivity contribution in [1.82, 2.24) is 15.3 Å². The molecule has 10 heteroatoms. The van der Waals surface area contributed by atoms with E-state index in [4.69, 9.17) is 21.8 Å². The molecule has 26 heavy (non-hydrogen) atoms. The van der Waals surface area contributed by atoms with E-state index < -0.39 is 35.9 Å². The van der Waals surface area contributed by atoms with Gasteiger partial charge in [-0.05, 0) is 30.7 Å². The summed E-state index contributed by atoms with van der Waals surface area (Å²) >= 11 is 5.79. The molecule has 0 spiro atoms. The van der Waals surface area contributed by atoms with Crippen molar-refractivity contribution in [2.75, 3.05) is 0 Å². The molecule has 0 bridgehead atoms. The molecule has 0 radical (unpaired) electrons. The highest BCUT2D eigenvalue weighted by Crippen LogP contribution is 2.16. The van der Waals surface area contributed by atoms with Crippen molar-refractivity contribution < 1.29 is 24.6 Å². The van der Waals surface area contributed by atoms with Crippen LogP contribution in [0.4, 0.5) is 0 Å². The number of nitrogens with one attached hydrogen (secondary N) is 2. The molecule has 1 heterocycles. The van der Waals surface area contributed by atoms with E-state index in [-0.39, 0.29) is 17.8 Å². The van der Waals surface area contributed by atoms with E-state index in [0.29, 0.717) is 10.6 Å². The molecule has 1 amide bonds. The predicted molar refractivity (Wildman–Crippen MR) is 91.1 cm³/mol. The van der Waals surface area contributed by atoms with Gasteiger partial charge in [-0.2, -0.15) is 0 Å². The quantitative estimate of drug-likeness (QED) is 0.563. The summed E-state index contributed by atoms with van der Waals surface area (Å²) in [6, 6.07) is 5.04. The van der Waals surface area contributed by atoms with E-state index in [0.717, 1.165) is 6.20 Å². The van der Waals surface area contributed by atoms with Crippen LogP contribution in [0.2, 0.25) is 5.02 Å². The maximum absolute atomic E-state index is 12.1. The third-order valence-electron chi connectivity index (χ3n) is 3.41. The Morgan fingerprint density at radius 2 is 1.85 bits per heavy atom.